The molecule has 17 heteroatoms. The fraction of sp³-hybridized carbons (Fsp3) is 0.211. The van der Waals surface area contributed by atoms with Gasteiger partial charge >= 0.3 is 5.97 Å². The number of fused-ring (bicyclic) bond motifs is 1. The van der Waals surface area contributed by atoms with E-state index in [4.69, 9.17) is 22.0 Å². The number of carbonyl (C=O) groups is 3. The van der Waals surface area contributed by atoms with E-state index >= 15 is 0 Å². The van der Waals surface area contributed by atoms with Gasteiger partial charge in [0.05, 0.1) is 0 Å². The Kier molecular flexibility index (Phi) is 7.32. The molecule has 2 unspecified atom stereocenters. The minimum absolute atomic E-state index is 0.0435. The first-order chi connectivity index (χ1) is 17.2. The van der Waals surface area contributed by atoms with Crippen molar-refractivity contribution in [2.24, 2.45) is 5.16 Å². The summed E-state index contributed by atoms with van der Waals surface area (Å²) < 4.78 is 0. The Balaban J connectivity index is 1.54. The summed E-state index contributed by atoms with van der Waals surface area (Å²) in [7, 11) is 0. The molecular formula is C19H19N9O5S3. The van der Waals surface area contributed by atoms with Crippen LogP contribution in [-0.2, 0) is 19.2 Å². The van der Waals surface area contributed by atoms with Gasteiger partial charge in [-0.25, -0.2) is 14.8 Å². The molecule has 4 heterocycles. The summed E-state index contributed by atoms with van der Waals surface area (Å²) in [4.78, 5) is 56.5. The third kappa shape index (κ3) is 5.07. The lowest BCUT2D eigenvalue weighted by molar-refractivity contribution is -0.150. The van der Waals surface area contributed by atoms with Crippen LogP contribution in [0.25, 0.3) is 0 Å². The van der Waals surface area contributed by atoms with Gasteiger partial charge < -0.3 is 32.5 Å². The first-order valence-electron chi connectivity index (χ1n) is 10.0. The molecule has 36 heavy (non-hydrogen) atoms. The molecule has 0 saturated carbocycles. The minimum Gasteiger partial charge on any atom is -0.477 e. The average molecular weight is 550 g/mol. The lowest BCUT2D eigenvalue weighted by atomic mass is 10.0. The number of nitrogens with one attached hydrogen (secondary N) is 1. The van der Waals surface area contributed by atoms with E-state index in [2.05, 4.69) is 32.0 Å². The summed E-state index contributed by atoms with van der Waals surface area (Å²) in [5, 5.41) is 17.7. The van der Waals surface area contributed by atoms with E-state index in [1.165, 1.54) is 29.3 Å². The maximum atomic E-state index is 13.0. The maximum absolute atomic E-state index is 13.0. The van der Waals surface area contributed by atoms with Crippen LogP contribution in [0.1, 0.15) is 5.69 Å². The second-order valence-corrected chi connectivity index (χ2v) is 10.2. The number of thioether (sulfide) groups is 2. The predicted octanol–water partition coefficient (Wildman–Crippen LogP) is 0.0748. The molecule has 0 spiro atoms. The van der Waals surface area contributed by atoms with Gasteiger partial charge in [0.1, 0.15) is 40.3 Å². The molecule has 8 N–H and O–H groups in total. The van der Waals surface area contributed by atoms with Crippen molar-refractivity contribution in [1.29, 1.82) is 0 Å². The Morgan fingerprint density at radius 3 is 2.78 bits per heavy atom. The van der Waals surface area contributed by atoms with Gasteiger partial charge in [0.2, 0.25) is 5.95 Å². The molecule has 14 nitrogen and oxygen atoms in total. The molecule has 2 aliphatic rings. The summed E-state index contributed by atoms with van der Waals surface area (Å²) >= 11 is 3.41. The van der Waals surface area contributed by atoms with E-state index in [-0.39, 0.29) is 46.4 Å². The zero-order chi connectivity index (χ0) is 26.0. The Bertz CT molecular complexity index is 1290. The third-order valence-electron chi connectivity index (χ3n) is 4.72. The van der Waals surface area contributed by atoms with Crippen LogP contribution in [0, 0.1) is 0 Å². The van der Waals surface area contributed by atoms with Crippen molar-refractivity contribution >= 4 is 75.3 Å². The van der Waals surface area contributed by atoms with Gasteiger partial charge in [0.25, 0.3) is 11.8 Å². The van der Waals surface area contributed by atoms with E-state index < -0.39 is 29.2 Å². The lowest BCUT2D eigenvalue weighted by Gasteiger charge is -2.49. The highest BCUT2D eigenvalue weighted by Gasteiger charge is 2.54. The summed E-state index contributed by atoms with van der Waals surface area (Å²) in [5.41, 5.74) is 16.8. The van der Waals surface area contributed by atoms with E-state index in [0.717, 1.165) is 28.0 Å². The smallest absolute Gasteiger partial charge is 0.353 e. The number of nitrogens with zero attached hydrogens (tertiary/aromatic N) is 5. The zero-order valence-electron chi connectivity index (χ0n) is 18.3. The van der Waals surface area contributed by atoms with Crippen molar-refractivity contribution < 1.29 is 24.3 Å². The number of carboxylic acid groups (broad SMARTS) is 1. The Morgan fingerprint density at radius 1 is 1.36 bits per heavy atom. The number of amides is 2. The molecule has 0 aromatic carbocycles. The SMILES string of the molecule is C=CCO/N=C(\C(=O)NC1C(=O)N2C(C(=O)O)=C(Sc3cc(N)nc(N)n3)CSC12)c1csc(N)n1. The standard InChI is InChI=1S/C19H19N9O5S3/c1-2-3-33-27-11(7-5-35-19(22)23-7)14(29)26-12-15(30)28-13(17(31)32)8(6-34-16(12)28)36-10-4-9(20)24-18(21)25-10/h2,4-5,12,16H,1,3,6H2,(H2,22,23)(H,26,29)(H,31,32)(H4,20,21,24,25)/b27-11-. The fourth-order valence-corrected chi connectivity index (χ4v) is 6.31. The largest absolute Gasteiger partial charge is 0.477 e. The number of nitrogens with two attached hydrogens (primary N) is 3. The number of anilines is 3. The van der Waals surface area contributed by atoms with Crippen LogP contribution in [0.15, 0.2) is 44.9 Å². The average Bonchev–Trinajstić information content (AvgIpc) is 3.24. The topological polar surface area (TPSA) is 225 Å². The minimum atomic E-state index is -1.30. The maximum Gasteiger partial charge on any atom is 0.353 e. The van der Waals surface area contributed by atoms with E-state index in [0.29, 0.717) is 9.93 Å². The first-order valence-corrected chi connectivity index (χ1v) is 12.8. The van der Waals surface area contributed by atoms with Gasteiger partial charge in [0.15, 0.2) is 10.8 Å². The summed E-state index contributed by atoms with van der Waals surface area (Å²) in [6.45, 7) is 3.56. The second-order valence-electron chi connectivity index (χ2n) is 7.12. The Hall–Kier alpha value is -3.83. The number of rotatable bonds is 9. The van der Waals surface area contributed by atoms with E-state index in [1.54, 1.807) is 0 Å². The number of thiazole rings is 1. The number of hydrogen-bond donors (Lipinski definition) is 5. The van der Waals surface area contributed by atoms with Crippen LogP contribution in [0.4, 0.5) is 16.9 Å². The first kappa shape index (κ1) is 25.3. The van der Waals surface area contributed by atoms with Crippen LogP contribution in [0.3, 0.4) is 0 Å². The van der Waals surface area contributed by atoms with Gasteiger partial charge in [-0.15, -0.1) is 23.1 Å². The highest BCUT2D eigenvalue weighted by molar-refractivity contribution is 8.06. The van der Waals surface area contributed by atoms with Crippen molar-refractivity contribution in [2.45, 2.75) is 16.4 Å². The van der Waals surface area contributed by atoms with Gasteiger partial charge in [-0.1, -0.05) is 29.6 Å². The highest BCUT2D eigenvalue weighted by Crippen LogP contribution is 2.45. The van der Waals surface area contributed by atoms with Gasteiger partial charge in [0, 0.05) is 22.1 Å². The molecule has 2 atom stereocenters. The van der Waals surface area contributed by atoms with Gasteiger partial charge in [-0.3, -0.25) is 14.5 Å². The number of oxime groups is 1. The van der Waals surface area contributed by atoms with Crippen LogP contribution in [-0.4, -0.2) is 72.2 Å². The summed E-state index contributed by atoms with van der Waals surface area (Å²) in [6.07, 6.45) is 1.44. The Morgan fingerprint density at radius 2 is 2.14 bits per heavy atom. The number of nitrogen functional groups attached to an aromatic ring is 3. The van der Waals surface area contributed by atoms with Gasteiger partial charge in [-0.2, -0.15) is 4.98 Å². The molecule has 2 aromatic heterocycles. The van der Waals surface area contributed by atoms with Crippen molar-refractivity contribution in [2.75, 3.05) is 29.6 Å². The fourth-order valence-electron chi connectivity index (χ4n) is 3.27. The number of aliphatic carboxylic acids is 1. The van der Waals surface area contributed by atoms with Crippen molar-refractivity contribution in [1.82, 2.24) is 25.2 Å². The molecule has 2 aliphatic heterocycles. The molecule has 0 bridgehead atoms. The third-order valence-corrected chi connectivity index (χ3v) is 7.86. The normalized spacial score (nSPS) is 19.4. The number of β-lactam (4-membered cyclic amide) rings is 1. The molecule has 0 aliphatic carbocycles. The number of carbonyl (C=O) groups excluding carboxylic acids is 2. The molecular weight excluding hydrogens is 530 g/mol. The summed E-state index contributed by atoms with van der Waals surface area (Å²) in [6, 6.07) is 0.459. The lowest BCUT2D eigenvalue weighted by Crippen LogP contribution is -2.71. The molecule has 188 valence electrons. The quantitative estimate of drug-likeness (QED) is 0.0698. The van der Waals surface area contributed by atoms with Crippen molar-refractivity contribution in [3.63, 3.8) is 0 Å². The van der Waals surface area contributed by atoms with Crippen LogP contribution in [0.2, 0.25) is 0 Å². The zero-order valence-corrected chi connectivity index (χ0v) is 20.7. The monoisotopic (exact) mass is 549 g/mol. The van der Waals surface area contributed by atoms with Crippen molar-refractivity contribution in [3.05, 3.63) is 40.4 Å². The second kappa shape index (κ2) is 10.4. The molecule has 2 amide bonds. The summed E-state index contributed by atoms with van der Waals surface area (Å²) in [5.74, 6) is -2.31. The van der Waals surface area contributed by atoms with Gasteiger partial charge in [-0.05, 0) is 0 Å². The molecule has 1 fully saturated rings. The van der Waals surface area contributed by atoms with Crippen LogP contribution >= 0.6 is 34.9 Å². The Labute approximate surface area is 216 Å². The molecule has 0 radical (unpaired) electrons. The molecule has 4 rings (SSSR count). The molecule has 2 aromatic rings. The molecule has 1 saturated heterocycles. The number of aromatic nitrogens is 3. The van der Waals surface area contributed by atoms with E-state index in [1.807, 2.05) is 0 Å². The number of carboxylic acids is 1. The highest BCUT2D eigenvalue weighted by atomic mass is 32.2. The predicted molar refractivity (Wildman–Crippen MR) is 136 cm³/mol. The number of hydrogen-bond acceptors (Lipinski definition) is 14. The van der Waals surface area contributed by atoms with Crippen LogP contribution in [0.5, 0.6) is 0 Å². The van der Waals surface area contributed by atoms with Crippen LogP contribution < -0.4 is 22.5 Å². The van der Waals surface area contributed by atoms with E-state index in [9.17, 15) is 19.5 Å². The van der Waals surface area contributed by atoms with Crippen molar-refractivity contribution in [3.8, 4) is 0 Å².